The van der Waals surface area contributed by atoms with Gasteiger partial charge in [0, 0.05) is 55.6 Å². The zero-order valence-corrected chi connectivity index (χ0v) is 30.2. The predicted octanol–water partition coefficient (Wildman–Crippen LogP) is 12.2. The first-order valence-corrected chi connectivity index (χ1v) is 19.0. The Morgan fingerprint density at radius 3 is 2.22 bits per heavy atom. The molecule has 0 spiro atoms. The number of hydrogen-bond donors (Lipinski definition) is 0. The number of hydrogen-bond acceptors (Lipinski definition) is 5. The molecule has 2 aliphatic carbocycles. The summed E-state index contributed by atoms with van der Waals surface area (Å²) in [6.07, 6.45) is 16.2. The van der Waals surface area contributed by atoms with E-state index in [1.807, 2.05) is 24.3 Å². The monoisotopic (exact) mass is 709 g/mol. The Bertz CT molecular complexity index is 3110. The molecule has 9 aromatic rings. The van der Waals surface area contributed by atoms with Gasteiger partial charge in [-0.25, -0.2) is 19.9 Å². The zero-order valence-electron chi connectivity index (χ0n) is 30.2. The van der Waals surface area contributed by atoms with E-state index in [9.17, 15) is 0 Å². The molecule has 6 heteroatoms. The van der Waals surface area contributed by atoms with Gasteiger partial charge in [0.1, 0.15) is 22.8 Å². The van der Waals surface area contributed by atoms with Crippen molar-refractivity contribution in [3.05, 3.63) is 176 Å². The molecule has 5 aromatic carbocycles. The Kier molecular flexibility index (Phi) is 7.24. The Labute approximate surface area is 317 Å². The molecule has 11 rings (SSSR count). The van der Waals surface area contributed by atoms with Gasteiger partial charge in [-0.15, -0.1) is 0 Å². The average Bonchev–Trinajstić information content (AvgIpc) is 3.81. The molecule has 0 saturated heterocycles. The maximum Gasteiger partial charge on any atom is 0.164 e. The third-order valence-corrected chi connectivity index (χ3v) is 11.2. The van der Waals surface area contributed by atoms with E-state index in [4.69, 9.17) is 24.4 Å². The van der Waals surface area contributed by atoms with Gasteiger partial charge in [0.2, 0.25) is 0 Å². The van der Waals surface area contributed by atoms with E-state index in [2.05, 4.69) is 151 Å². The molecule has 55 heavy (non-hydrogen) atoms. The highest BCUT2D eigenvalue weighted by atomic mass is 16.3. The molecule has 0 amide bonds. The van der Waals surface area contributed by atoms with E-state index in [0.717, 1.165) is 89.8 Å². The second-order valence-corrected chi connectivity index (χ2v) is 14.6. The van der Waals surface area contributed by atoms with Gasteiger partial charge in [-0.1, -0.05) is 140 Å². The van der Waals surface area contributed by atoms with Crippen molar-refractivity contribution in [1.29, 1.82) is 0 Å². The van der Waals surface area contributed by atoms with Crippen molar-refractivity contribution in [3.8, 4) is 22.6 Å². The van der Waals surface area contributed by atoms with Crippen LogP contribution in [0.5, 0.6) is 0 Å². The van der Waals surface area contributed by atoms with Crippen LogP contribution in [0.25, 0.3) is 83.0 Å². The van der Waals surface area contributed by atoms with Crippen LogP contribution in [0, 0.1) is 5.92 Å². The molecule has 4 heterocycles. The summed E-state index contributed by atoms with van der Waals surface area (Å²) in [5, 5.41) is 5.55. The van der Waals surface area contributed by atoms with Crippen molar-refractivity contribution in [2.75, 3.05) is 0 Å². The van der Waals surface area contributed by atoms with Crippen LogP contribution >= 0.6 is 0 Å². The van der Waals surface area contributed by atoms with Crippen LogP contribution in [0.4, 0.5) is 0 Å². The van der Waals surface area contributed by atoms with Crippen molar-refractivity contribution in [3.63, 3.8) is 0 Å². The fourth-order valence-electron chi connectivity index (χ4n) is 8.57. The molecule has 2 unspecified atom stereocenters. The van der Waals surface area contributed by atoms with E-state index < -0.39 is 0 Å². The van der Waals surface area contributed by atoms with Crippen molar-refractivity contribution in [2.45, 2.75) is 25.2 Å². The molecule has 262 valence electrons. The van der Waals surface area contributed by atoms with Crippen molar-refractivity contribution in [1.82, 2.24) is 24.5 Å². The summed E-state index contributed by atoms with van der Waals surface area (Å²) >= 11 is 0. The molecule has 0 bridgehead atoms. The molecule has 0 fully saturated rings. The summed E-state index contributed by atoms with van der Waals surface area (Å²) < 4.78 is 8.70. The number of fused-ring (bicyclic) bond motifs is 8. The first kappa shape index (κ1) is 31.6. The highest BCUT2D eigenvalue weighted by molar-refractivity contribution is 6.23. The van der Waals surface area contributed by atoms with E-state index in [1.165, 1.54) is 5.39 Å². The Morgan fingerprint density at radius 2 is 1.36 bits per heavy atom. The summed E-state index contributed by atoms with van der Waals surface area (Å²) in [4.78, 5) is 20.9. The van der Waals surface area contributed by atoms with Crippen LogP contribution in [-0.4, -0.2) is 24.5 Å². The van der Waals surface area contributed by atoms with E-state index in [1.54, 1.807) is 0 Å². The van der Waals surface area contributed by atoms with E-state index in [0.29, 0.717) is 5.82 Å². The van der Waals surface area contributed by atoms with Gasteiger partial charge >= 0.3 is 0 Å². The summed E-state index contributed by atoms with van der Waals surface area (Å²) in [5.74, 6) is 2.50. The van der Waals surface area contributed by atoms with Crippen LogP contribution < -0.4 is 0 Å². The molecule has 4 aromatic heterocycles. The van der Waals surface area contributed by atoms with Crippen LogP contribution in [0.15, 0.2) is 168 Å². The average molecular weight is 710 g/mol. The standard InChI is InChI=1S/C49H35N5O/c1-30-14-5-6-17-34(30)48-51-47(52-49(53-48)38-21-13-25-42-43(38)37-20-9-12-24-41(37)55-42)32-26-28-33(29-27-32)54-40-23-11-8-19-36(40)44-45(31-15-3-2-4-16-31)50-39-22-10-7-18-35(39)46(44)54/h2-26,28-30,32,34H,27H2,1H3/t30?,32-,34?/m1/s1. The van der Waals surface area contributed by atoms with E-state index >= 15 is 0 Å². The molecule has 0 aliphatic heterocycles. The fraction of sp³-hybridized carbons (Fsp3) is 0.102. The normalized spacial score (nSPS) is 18.3. The highest BCUT2D eigenvalue weighted by Gasteiger charge is 2.27. The number of aromatic nitrogens is 5. The molecule has 6 nitrogen and oxygen atoms in total. The lowest BCUT2D eigenvalue weighted by molar-refractivity contribution is 0.589. The minimum atomic E-state index is -0.0330. The molecule has 3 atom stereocenters. The molecular weight excluding hydrogens is 675 g/mol. The summed E-state index contributed by atoms with van der Waals surface area (Å²) in [6, 6.07) is 42.0. The molecule has 2 aliphatic rings. The topological polar surface area (TPSA) is 69.6 Å². The van der Waals surface area contributed by atoms with Gasteiger partial charge in [-0.2, -0.15) is 0 Å². The minimum absolute atomic E-state index is 0.0330. The minimum Gasteiger partial charge on any atom is -0.456 e. The number of allylic oxidation sites excluding steroid dienone is 8. The Hall–Kier alpha value is -6.92. The zero-order chi connectivity index (χ0) is 36.5. The number of para-hydroxylation sites is 3. The van der Waals surface area contributed by atoms with Crippen LogP contribution in [0.1, 0.15) is 36.8 Å². The van der Waals surface area contributed by atoms with Crippen LogP contribution in [0.2, 0.25) is 0 Å². The molecule has 0 N–H and O–H groups in total. The van der Waals surface area contributed by atoms with E-state index in [-0.39, 0.29) is 17.8 Å². The maximum atomic E-state index is 6.28. The summed E-state index contributed by atoms with van der Waals surface area (Å²) in [5.41, 5.74) is 9.14. The maximum absolute atomic E-state index is 6.28. The molecule has 0 saturated carbocycles. The number of pyridine rings is 1. The molecular formula is C49H35N5O. The van der Waals surface area contributed by atoms with Crippen molar-refractivity contribution < 1.29 is 4.42 Å². The lowest BCUT2D eigenvalue weighted by atomic mass is 9.89. The van der Waals surface area contributed by atoms with Crippen molar-refractivity contribution in [2.24, 2.45) is 5.92 Å². The summed E-state index contributed by atoms with van der Waals surface area (Å²) in [7, 11) is 0. The van der Waals surface area contributed by atoms with Gasteiger partial charge in [0.25, 0.3) is 0 Å². The third kappa shape index (κ3) is 5.09. The highest BCUT2D eigenvalue weighted by Crippen LogP contribution is 2.43. The van der Waals surface area contributed by atoms with Gasteiger partial charge in [0.05, 0.1) is 22.2 Å². The summed E-state index contributed by atoms with van der Waals surface area (Å²) in [6.45, 7) is 2.22. The number of benzene rings is 5. The van der Waals surface area contributed by atoms with Gasteiger partial charge in [0.15, 0.2) is 5.82 Å². The number of furan rings is 1. The third-order valence-electron chi connectivity index (χ3n) is 11.2. The largest absolute Gasteiger partial charge is 0.456 e. The lowest BCUT2D eigenvalue weighted by Crippen LogP contribution is -2.16. The second-order valence-electron chi connectivity index (χ2n) is 14.6. The predicted molar refractivity (Wildman–Crippen MR) is 224 cm³/mol. The SMILES string of the molecule is CC1C=CC=CC1c1nc(-c2cccc3oc4ccccc4c23)nc([C@@H]2C=CC(n3c4ccccc4c4c(-c5ccccc5)nc5ccccc5c43)=CC2)n1. The quantitative estimate of drug-likeness (QED) is 0.178. The fourth-order valence-corrected chi connectivity index (χ4v) is 8.57. The lowest BCUT2D eigenvalue weighted by Gasteiger charge is -2.22. The van der Waals surface area contributed by atoms with Gasteiger partial charge < -0.3 is 8.98 Å². The Morgan fingerprint density at radius 1 is 0.618 bits per heavy atom. The van der Waals surface area contributed by atoms with Crippen LogP contribution in [-0.2, 0) is 0 Å². The first-order valence-electron chi connectivity index (χ1n) is 19.0. The van der Waals surface area contributed by atoms with Crippen LogP contribution in [0.3, 0.4) is 0 Å². The van der Waals surface area contributed by atoms with Crippen molar-refractivity contribution >= 4 is 60.3 Å². The Balaban J connectivity index is 1.06. The molecule has 0 radical (unpaired) electrons. The van der Waals surface area contributed by atoms with Gasteiger partial charge in [-0.05, 0) is 42.7 Å². The van der Waals surface area contributed by atoms with Gasteiger partial charge in [-0.3, -0.25) is 0 Å². The first-order chi connectivity index (χ1) is 27.2. The second kappa shape index (κ2) is 12.6. The smallest absolute Gasteiger partial charge is 0.164 e. The number of nitrogens with zero attached hydrogens (tertiary/aromatic N) is 5. The number of rotatable bonds is 5.